The van der Waals surface area contributed by atoms with Crippen LogP contribution in [0.15, 0.2) is 11.6 Å². The van der Waals surface area contributed by atoms with E-state index in [9.17, 15) is 4.79 Å². The number of alkyl halides is 1. The van der Waals surface area contributed by atoms with Gasteiger partial charge in [0.05, 0.1) is 19.8 Å². The molecule has 0 aromatic rings. The molecule has 0 radical (unpaired) electrons. The number of esters is 1. The van der Waals surface area contributed by atoms with Gasteiger partial charge in [0.15, 0.2) is 5.79 Å². The van der Waals surface area contributed by atoms with E-state index in [0.29, 0.717) is 37.6 Å². The Kier molecular flexibility index (Phi) is 4.20. The molecular formula is C15H21BrO4. The quantitative estimate of drug-likeness (QED) is 0.446. The summed E-state index contributed by atoms with van der Waals surface area (Å²) in [4.78, 5) is 11.7. The minimum atomic E-state index is -0.372. The summed E-state index contributed by atoms with van der Waals surface area (Å²) in [7, 11) is 0. The molecule has 20 heavy (non-hydrogen) atoms. The lowest BCUT2D eigenvalue weighted by atomic mass is 9.59. The van der Waals surface area contributed by atoms with Gasteiger partial charge in [0.25, 0.3) is 0 Å². The predicted octanol–water partition coefficient (Wildman–Crippen LogP) is 2.66. The van der Waals surface area contributed by atoms with Crippen molar-refractivity contribution in [3.8, 4) is 0 Å². The van der Waals surface area contributed by atoms with E-state index in [2.05, 4.69) is 15.9 Å². The van der Waals surface area contributed by atoms with Crippen LogP contribution in [0.3, 0.4) is 0 Å². The highest BCUT2D eigenvalue weighted by Gasteiger charge is 2.67. The Labute approximate surface area is 128 Å². The maximum absolute atomic E-state index is 11.7. The van der Waals surface area contributed by atoms with Gasteiger partial charge in [-0.25, -0.2) is 4.79 Å². The molecule has 0 amide bonds. The lowest BCUT2D eigenvalue weighted by molar-refractivity contribution is -0.306. The van der Waals surface area contributed by atoms with Crippen LogP contribution in [0.1, 0.15) is 26.2 Å². The number of carbonyl (C=O) groups is 1. The smallest absolute Gasteiger partial charge is 0.330 e. The molecule has 0 bridgehead atoms. The van der Waals surface area contributed by atoms with Gasteiger partial charge in [-0.05, 0) is 32.1 Å². The molecule has 0 aromatic carbocycles. The van der Waals surface area contributed by atoms with Gasteiger partial charge in [-0.1, -0.05) is 21.5 Å². The highest BCUT2D eigenvalue weighted by Crippen LogP contribution is 2.64. The summed E-state index contributed by atoms with van der Waals surface area (Å²) in [6.45, 7) is 3.65. The van der Waals surface area contributed by atoms with E-state index in [1.807, 2.05) is 6.92 Å². The third kappa shape index (κ3) is 2.14. The molecule has 1 saturated heterocycles. The minimum Gasteiger partial charge on any atom is -0.463 e. The maximum atomic E-state index is 11.7. The zero-order chi connectivity index (χ0) is 14.2. The van der Waals surface area contributed by atoms with Crippen LogP contribution in [-0.4, -0.2) is 36.9 Å². The van der Waals surface area contributed by atoms with Crippen molar-refractivity contribution in [3.05, 3.63) is 11.6 Å². The fraction of sp³-hybridized carbons (Fsp3) is 0.800. The second kappa shape index (κ2) is 5.78. The Hall–Kier alpha value is -0.390. The molecule has 4 nitrogen and oxygen atoms in total. The first-order valence-electron chi connectivity index (χ1n) is 7.44. The molecule has 1 aliphatic heterocycles. The number of hydrogen-bond acceptors (Lipinski definition) is 4. The van der Waals surface area contributed by atoms with Gasteiger partial charge in [0.1, 0.15) is 0 Å². The molecule has 1 unspecified atom stereocenters. The summed E-state index contributed by atoms with van der Waals surface area (Å²) in [5.41, 5.74) is 1.23. The van der Waals surface area contributed by atoms with E-state index in [4.69, 9.17) is 14.2 Å². The van der Waals surface area contributed by atoms with Gasteiger partial charge in [0, 0.05) is 23.2 Å². The third-order valence-corrected chi connectivity index (χ3v) is 5.28. The molecule has 0 N–H and O–H groups in total. The van der Waals surface area contributed by atoms with Gasteiger partial charge >= 0.3 is 5.97 Å². The molecule has 3 aliphatic rings. The SMILES string of the molecule is CCOC(=O)/C=C1\CC[C@@H]2[C@H]1C(CCBr)C21OCCO1. The van der Waals surface area contributed by atoms with Crippen LogP contribution in [-0.2, 0) is 19.0 Å². The highest BCUT2D eigenvalue weighted by atomic mass is 79.9. The normalized spacial score (nSPS) is 36.1. The summed E-state index contributed by atoms with van der Waals surface area (Å²) in [5.74, 6) is 0.611. The average molecular weight is 345 g/mol. The van der Waals surface area contributed by atoms with Crippen molar-refractivity contribution in [2.75, 3.05) is 25.2 Å². The van der Waals surface area contributed by atoms with E-state index < -0.39 is 0 Å². The van der Waals surface area contributed by atoms with Crippen molar-refractivity contribution in [1.82, 2.24) is 0 Å². The number of fused-ring (bicyclic) bond motifs is 2. The summed E-state index contributed by atoms with van der Waals surface area (Å²) < 4.78 is 17.0. The number of ether oxygens (including phenoxy) is 3. The third-order valence-electron chi connectivity index (χ3n) is 4.82. The maximum Gasteiger partial charge on any atom is 0.330 e. The highest BCUT2D eigenvalue weighted by molar-refractivity contribution is 9.09. The molecule has 2 saturated carbocycles. The van der Waals surface area contributed by atoms with Gasteiger partial charge in [0.2, 0.25) is 0 Å². The molecular weight excluding hydrogens is 324 g/mol. The van der Waals surface area contributed by atoms with Crippen molar-refractivity contribution in [2.45, 2.75) is 32.0 Å². The van der Waals surface area contributed by atoms with Gasteiger partial charge in [-0.15, -0.1) is 0 Å². The monoisotopic (exact) mass is 344 g/mol. The van der Waals surface area contributed by atoms with E-state index in [1.54, 1.807) is 6.08 Å². The van der Waals surface area contributed by atoms with Crippen LogP contribution >= 0.6 is 15.9 Å². The lowest BCUT2D eigenvalue weighted by Crippen LogP contribution is -2.61. The standard InChI is InChI=1S/C15H21BrO4/c1-2-18-13(17)9-10-3-4-11-14(10)12(5-6-16)15(11)19-7-8-20-15/h9,11-12,14H,2-8H2,1H3/b10-9+/t11-,12?,14+/m1/s1. The van der Waals surface area contributed by atoms with Gasteiger partial charge < -0.3 is 14.2 Å². The summed E-state index contributed by atoms with van der Waals surface area (Å²) in [5, 5.41) is 0.933. The fourth-order valence-electron chi connectivity index (χ4n) is 4.20. The number of halogens is 1. The summed E-state index contributed by atoms with van der Waals surface area (Å²) >= 11 is 3.53. The Morgan fingerprint density at radius 2 is 2.25 bits per heavy atom. The van der Waals surface area contributed by atoms with E-state index in [0.717, 1.165) is 24.6 Å². The van der Waals surface area contributed by atoms with Crippen molar-refractivity contribution in [3.63, 3.8) is 0 Å². The summed E-state index contributed by atoms with van der Waals surface area (Å²) in [6.07, 6.45) is 4.73. The Bertz CT molecular complexity index is 414. The molecule has 1 spiro atoms. The second-order valence-corrected chi connectivity index (χ2v) is 6.44. The predicted molar refractivity (Wildman–Crippen MR) is 77.5 cm³/mol. The average Bonchev–Trinajstić information content (AvgIpc) is 3.03. The molecule has 0 aromatic heterocycles. The van der Waals surface area contributed by atoms with Crippen molar-refractivity contribution in [2.24, 2.45) is 17.8 Å². The molecule has 112 valence electrons. The van der Waals surface area contributed by atoms with Crippen LogP contribution in [0.25, 0.3) is 0 Å². The molecule has 1 heterocycles. The molecule has 3 atom stereocenters. The first-order chi connectivity index (χ1) is 9.73. The topological polar surface area (TPSA) is 44.8 Å². The van der Waals surface area contributed by atoms with Crippen LogP contribution in [0.4, 0.5) is 0 Å². The van der Waals surface area contributed by atoms with Crippen LogP contribution in [0.5, 0.6) is 0 Å². The fourth-order valence-corrected chi connectivity index (χ4v) is 4.69. The second-order valence-electron chi connectivity index (χ2n) is 5.64. The lowest BCUT2D eigenvalue weighted by Gasteiger charge is -2.55. The number of allylic oxidation sites excluding steroid dienone is 1. The molecule has 3 rings (SSSR count). The molecule has 5 heteroatoms. The largest absolute Gasteiger partial charge is 0.463 e. The van der Waals surface area contributed by atoms with E-state index in [-0.39, 0.29) is 11.8 Å². The van der Waals surface area contributed by atoms with Crippen LogP contribution in [0.2, 0.25) is 0 Å². The van der Waals surface area contributed by atoms with Crippen LogP contribution in [0, 0.1) is 17.8 Å². The Morgan fingerprint density at radius 3 is 2.90 bits per heavy atom. The van der Waals surface area contributed by atoms with Crippen molar-refractivity contribution >= 4 is 21.9 Å². The first-order valence-corrected chi connectivity index (χ1v) is 8.56. The zero-order valence-corrected chi connectivity index (χ0v) is 13.4. The van der Waals surface area contributed by atoms with Crippen molar-refractivity contribution in [1.29, 1.82) is 0 Å². The van der Waals surface area contributed by atoms with Gasteiger partial charge in [-0.2, -0.15) is 0 Å². The number of rotatable bonds is 4. The summed E-state index contributed by atoms with van der Waals surface area (Å²) in [6, 6.07) is 0. The molecule has 3 fully saturated rings. The number of carbonyl (C=O) groups excluding carboxylic acids is 1. The zero-order valence-electron chi connectivity index (χ0n) is 11.8. The first kappa shape index (κ1) is 14.5. The minimum absolute atomic E-state index is 0.213. The van der Waals surface area contributed by atoms with Crippen molar-refractivity contribution < 1.29 is 19.0 Å². The number of hydrogen-bond donors (Lipinski definition) is 0. The van der Waals surface area contributed by atoms with E-state index >= 15 is 0 Å². The molecule has 2 aliphatic carbocycles. The Morgan fingerprint density at radius 1 is 1.50 bits per heavy atom. The Balaban J connectivity index is 1.78. The van der Waals surface area contributed by atoms with E-state index in [1.165, 1.54) is 5.57 Å². The van der Waals surface area contributed by atoms with Crippen LogP contribution < -0.4 is 0 Å². The van der Waals surface area contributed by atoms with Gasteiger partial charge in [-0.3, -0.25) is 0 Å².